The minimum atomic E-state index is -0.472. The summed E-state index contributed by atoms with van der Waals surface area (Å²) in [7, 11) is 0. The SMILES string of the molecule is CCCCCCCCCCCCCCCCCCOC(=O)OCCCCCCCCCCCCCCCC. The third-order valence-electron chi connectivity index (χ3n) is 7.94. The lowest BCUT2D eigenvalue weighted by molar-refractivity contribution is 0.0529. The molecule has 0 radical (unpaired) electrons. The Balaban J connectivity index is 3.14. The average molecular weight is 539 g/mol. The number of carbonyl (C=O) groups excluding carboxylic acids is 1. The van der Waals surface area contributed by atoms with Gasteiger partial charge in [0, 0.05) is 0 Å². The van der Waals surface area contributed by atoms with Crippen molar-refractivity contribution >= 4 is 6.16 Å². The summed E-state index contributed by atoms with van der Waals surface area (Å²) in [6.45, 7) is 5.59. The lowest BCUT2D eigenvalue weighted by Crippen LogP contribution is -2.09. The highest BCUT2D eigenvalue weighted by Crippen LogP contribution is 2.15. The number of unbranched alkanes of at least 4 members (excludes halogenated alkanes) is 28. The molecular weight excluding hydrogens is 468 g/mol. The summed E-state index contributed by atoms with van der Waals surface area (Å²) in [6, 6.07) is 0. The van der Waals surface area contributed by atoms with E-state index in [0.29, 0.717) is 13.2 Å². The highest BCUT2D eigenvalue weighted by Gasteiger charge is 2.03. The van der Waals surface area contributed by atoms with E-state index in [4.69, 9.17) is 9.47 Å². The van der Waals surface area contributed by atoms with E-state index in [2.05, 4.69) is 13.8 Å². The van der Waals surface area contributed by atoms with Gasteiger partial charge in [-0.05, 0) is 12.8 Å². The van der Waals surface area contributed by atoms with E-state index in [1.165, 1.54) is 167 Å². The normalized spacial score (nSPS) is 11.2. The molecule has 0 N–H and O–H groups in total. The lowest BCUT2D eigenvalue weighted by atomic mass is 10.0. The second-order valence-electron chi connectivity index (χ2n) is 11.8. The molecule has 0 fully saturated rings. The molecule has 0 heterocycles. The van der Waals surface area contributed by atoms with Crippen molar-refractivity contribution in [2.75, 3.05) is 13.2 Å². The number of carbonyl (C=O) groups is 1. The predicted molar refractivity (Wildman–Crippen MR) is 167 cm³/mol. The molecule has 0 amide bonds. The van der Waals surface area contributed by atoms with Crippen LogP contribution in [0, 0.1) is 0 Å². The van der Waals surface area contributed by atoms with Gasteiger partial charge in [-0.2, -0.15) is 0 Å². The van der Waals surface area contributed by atoms with Gasteiger partial charge in [-0.15, -0.1) is 0 Å². The lowest BCUT2D eigenvalue weighted by Gasteiger charge is -2.07. The highest BCUT2D eigenvalue weighted by atomic mass is 16.7. The molecule has 0 aromatic rings. The summed E-state index contributed by atoms with van der Waals surface area (Å²) in [5.74, 6) is 0. The van der Waals surface area contributed by atoms with Crippen molar-refractivity contribution in [1.29, 1.82) is 0 Å². The maximum atomic E-state index is 11.7. The summed E-state index contributed by atoms with van der Waals surface area (Å²) in [5, 5.41) is 0. The third kappa shape index (κ3) is 33.3. The molecule has 0 atom stereocenters. The highest BCUT2D eigenvalue weighted by molar-refractivity contribution is 5.59. The Morgan fingerprint density at radius 2 is 0.500 bits per heavy atom. The van der Waals surface area contributed by atoms with E-state index < -0.39 is 6.16 Å². The van der Waals surface area contributed by atoms with E-state index in [-0.39, 0.29) is 0 Å². The molecule has 0 aliphatic rings. The molecule has 0 aromatic carbocycles. The zero-order valence-electron chi connectivity index (χ0n) is 26.4. The first kappa shape index (κ1) is 37.3. The first-order valence-electron chi connectivity index (χ1n) is 17.6. The number of hydrogen-bond donors (Lipinski definition) is 0. The Labute approximate surface area is 240 Å². The van der Waals surface area contributed by atoms with E-state index in [9.17, 15) is 4.79 Å². The van der Waals surface area contributed by atoms with Crippen LogP contribution in [0.25, 0.3) is 0 Å². The van der Waals surface area contributed by atoms with Gasteiger partial charge < -0.3 is 9.47 Å². The van der Waals surface area contributed by atoms with Crippen LogP contribution in [0.5, 0.6) is 0 Å². The average Bonchev–Trinajstić information content (AvgIpc) is 2.92. The van der Waals surface area contributed by atoms with E-state index in [1.54, 1.807) is 0 Å². The summed E-state index contributed by atoms with van der Waals surface area (Å²) in [4.78, 5) is 11.7. The fraction of sp³-hybridized carbons (Fsp3) is 0.971. The largest absolute Gasteiger partial charge is 0.508 e. The van der Waals surface area contributed by atoms with Crippen LogP contribution in [0.1, 0.15) is 206 Å². The summed E-state index contributed by atoms with van der Waals surface area (Å²) < 4.78 is 10.4. The monoisotopic (exact) mass is 539 g/mol. The molecule has 3 nitrogen and oxygen atoms in total. The van der Waals surface area contributed by atoms with Gasteiger partial charge in [-0.25, -0.2) is 4.79 Å². The molecule has 0 unspecified atom stereocenters. The van der Waals surface area contributed by atoms with Crippen LogP contribution in [0.4, 0.5) is 4.79 Å². The smallest absolute Gasteiger partial charge is 0.434 e. The van der Waals surface area contributed by atoms with Crippen LogP contribution < -0.4 is 0 Å². The maximum absolute atomic E-state index is 11.7. The van der Waals surface area contributed by atoms with Gasteiger partial charge in [-0.3, -0.25) is 0 Å². The molecule has 38 heavy (non-hydrogen) atoms. The van der Waals surface area contributed by atoms with Crippen LogP contribution in [-0.4, -0.2) is 19.4 Å². The Morgan fingerprint density at radius 3 is 0.711 bits per heavy atom. The molecule has 3 heteroatoms. The Hall–Kier alpha value is -0.730. The first-order valence-corrected chi connectivity index (χ1v) is 17.6. The first-order chi connectivity index (χ1) is 18.8. The molecule has 0 saturated carbocycles. The van der Waals surface area contributed by atoms with Crippen molar-refractivity contribution in [3.63, 3.8) is 0 Å². The molecule has 0 bridgehead atoms. The van der Waals surface area contributed by atoms with Crippen molar-refractivity contribution in [2.45, 2.75) is 206 Å². The molecule has 0 aromatic heterocycles. The summed E-state index contributed by atoms with van der Waals surface area (Å²) in [5.41, 5.74) is 0. The van der Waals surface area contributed by atoms with E-state index >= 15 is 0 Å². The van der Waals surface area contributed by atoms with Crippen molar-refractivity contribution < 1.29 is 14.3 Å². The van der Waals surface area contributed by atoms with Crippen LogP contribution in [0.2, 0.25) is 0 Å². The van der Waals surface area contributed by atoms with E-state index in [0.717, 1.165) is 25.7 Å². The van der Waals surface area contributed by atoms with Gasteiger partial charge in [0.15, 0.2) is 0 Å². The second-order valence-corrected chi connectivity index (χ2v) is 11.8. The van der Waals surface area contributed by atoms with Crippen LogP contribution in [0.3, 0.4) is 0 Å². The quantitative estimate of drug-likeness (QED) is 0.0631. The summed E-state index contributed by atoms with van der Waals surface area (Å²) >= 11 is 0. The van der Waals surface area contributed by atoms with Crippen LogP contribution in [-0.2, 0) is 9.47 Å². The molecule has 0 aliphatic heterocycles. The van der Waals surface area contributed by atoms with Crippen molar-refractivity contribution in [1.82, 2.24) is 0 Å². The third-order valence-corrected chi connectivity index (χ3v) is 7.94. The van der Waals surface area contributed by atoms with E-state index in [1.807, 2.05) is 0 Å². The molecule has 0 rings (SSSR count). The Morgan fingerprint density at radius 1 is 0.316 bits per heavy atom. The standard InChI is InChI=1S/C35H70O3/c1-3-5-7-9-11-13-15-17-19-20-22-24-26-28-30-32-34-38-35(36)37-33-31-29-27-25-23-21-18-16-14-12-10-8-6-4-2/h3-34H2,1-2H3. The Kier molecular flexibility index (Phi) is 33.6. The molecular formula is C35H70O3. The molecule has 0 aliphatic carbocycles. The van der Waals surface area contributed by atoms with Gasteiger partial charge in [-0.1, -0.05) is 194 Å². The van der Waals surface area contributed by atoms with Crippen molar-refractivity contribution in [3.8, 4) is 0 Å². The fourth-order valence-corrected chi connectivity index (χ4v) is 5.30. The zero-order chi connectivity index (χ0) is 27.6. The minimum Gasteiger partial charge on any atom is -0.434 e. The van der Waals surface area contributed by atoms with Crippen molar-refractivity contribution in [2.24, 2.45) is 0 Å². The zero-order valence-corrected chi connectivity index (χ0v) is 26.4. The second kappa shape index (κ2) is 34.3. The van der Waals surface area contributed by atoms with Gasteiger partial charge in [0.1, 0.15) is 0 Å². The van der Waals surface area contributed by atoms with Crippen LogP contribution in [0.15, 0.2) is 0 Å². The molecule has 0 spiro atoms. The predicted octanol–water partition coefficient (Wildman–Crippen LogP) is 12.9. The van der Waals surface area contributed by atoms with Gasteiger partial charge >= 0.3 is 6.16 Å². The fourth-order valence-electron chi connectivity index (χ4n) is 5.30. The topological polar surface area (TPSA) is 35.5 Å². The molecule has 0 saturated heterocycles. The number of ether oxygens (including phenoxy) is 2. The Bertz CT molecular complexity index is 437. The number of rotatable bonds is 32. The van der Waals surface area contributed by atoms with Crippen molar-refractivity contribution in [3.05, 3.63) is 0 Å². The maximum Gasteiger partial charge on any atom is 0.508 e. The minimum absolute atomic E-state index is 0.472. The summed E-state index contributed by atoms with van der Waals surface area (Å²) in [6.07, 6.45) is 39.9. The number of hydrogen-bond acceptors (Lipinski definition) is 3. The van der Waals surface area contributed by atoms with Gasteiger partial charge in [0.2, 0.25) is 0 Å². The van der Waals surface area contributed by atoms with Gasteiger partial charge in [0.05, 0.1) is 13.2 Å². The molecule has 228 valence electrons. The van der Waals surface area contributed by atoms with Crippen LogP contribution >= 0.6 is 0 Å². The van der Waals surface area contributed by atoms with Gasteiger partial charge in [0.25, 0.3) is 0 Å².